The molecule has 2 atom stereocenters. The van der Waals surface area contributed by atoms with Gasteiger partial charge in [0.05, 0.1) is 0 Å². The van der Waals surface area contributed by atoms with E-state index >= 15 is 0 Å². The second-order valence-electron chi connectivity index (χ2n) is 3.23. The number of ether oxygens (including phenoxy) is 1. The number of benzene rings is 1. The van der Waals surface area contributed by atoms with Crippen LogP contribution in [0.5, 0.6) is 5.75 Å². The summed E-state index contributed by atoms with van der Waals surface area (Å²) < 4.78 is 5.25. The second-order valence-corrected chi connectivity index (χ2v) is 3.64. The predicted octanol–water partition coefficient (Wildman–Crippen LogP) is 1.69. The van der Waals surface area contributed by atoms with Gasteiger partial charge >= 0.3 is 0 Å². The molecule has 0 aliphatic rings. The van der Waals surface area contributed by atoms with Gasteiger partial charge in [0.15, 0.2) is 6.23 Å². The van der Waals surface area contributed by atoms with Crippen LogP contribution in [0.3, 0.4) is 0 Å². The molecule has 0 bridgehead atoms. The third-order valence-electron chi connectivity index (χ3n) is 1.89. The molecule has 0 saturated carbocycles. The molecule has 0 aliphatic heterocycles. The van der Waals surface area contributed by atoms with Crippen LogP contribution in [0, 0.1) is 6.92 Å². The van der Waals surface area contributed by atoms with Crippen molar-refractivity contribution >= 4 is 11.6 Å². The molecule has 3 N–H and O–H groups in total. The summed E-state index contributed by atoms with van der Waals surface area (Å²) >= 11 is 5.89. The Labute approximate surface area is 88.4 Å². The second kappa shape index (κ2) is 4.64. The van der Waals surface area contributed by atoms with E-state index in [4.69, 9.17) is 27.2 Å². The molecule has 0 aliphatic carbocycles. The Bertz CT molecular complexity index is 315. The highest BCUT2D eigenvalue weighted by molar-refractivity contribution is 6.31. The Morgan fingerprint density at radius 1 is 1.50 bits per heavy atom. The molecule has 0 spiro atoms. The fourth-order valence-electron chi connectivity index (χ4n) is 0.902. The van der Waals surface area contributed by atoms with E-state index in [1.54, 1.807) is 19.1 Å². The first-order chi connectivity index (χ1) is 6.50. The zero-order valence-electron chi connectivity index (χ0n) is 8.20. The van der Waals surface area contributed by atoms with Crippen LogP contribution in [0.4, 0.5) is 0 Å². The van der Waals surface area contributed by atoms with Gasteiger partial charge in [0.25, 0.3) is 0 Å². The van der Waals surface area contributed by atoms with Crippen molar-refractivity contribution in [1.29, 1.82) is 0 Å². The highest BCUT2D eigenvalue weighted by Gasteiger charge is 2.10. The first-order valence-electron chi connectivity index (χ1n) is 4.37. The first-order valence-corrected chi connectivity index (χ1v) is 4.75. The van der Waals surface area contributed by atoms with E-state index in [0.717, 1.165) is 5.56 Å². The van der Waals surface area contributed by atoms with Crippen molar-refractivity contribution in [3.05, 3.63) is 28.8 Å². The van der Waals surface area contributed by atoms with Gasteiger partial charge in [-0.05, 0) is 31.5 Å². The molecule has 0 fully saturated rings. The predicted molar refractivity (Wildman–Crippen MR) is 56.5 cm³/mol. The molecule has 0 saturated heterocycles. The molecular formula is C10H14ClNO2. The number of rotatable bonds is 3. The summed E-state index contributed by atoms with van der Waals surface area (Å²) in [6, 6.07) is 5.29. The lowest BCUT2D eigenvalue weighted by molar-refractivity contribution is 0.0528. The van der Waals surface area contributed by atoms with Gasteiger partial charge in [-0.3, -0.25) is 5.73 Å². The summed E-state index contributed by atoms with van der Waals surface area (Å²) in [6.45, 7) is 3.47. The number of hydrogen-bond donors (Lipinski definition) is 2. The standard InChI is InChI=1S/C10H14ClNO2/c1-6-3-4-8(5-9(6)11)14-10(12)7(2)13/h3-5,7,10,13H,12H2,1-2H3. The molecule has 2 unspecified atom stereocenters. The van der Waals surface area contributed by atoms with Crippen LogP contribution in [-0.2, 0) is 0 Å². The van der Waals surface area contributed by atoms with E-state index in [1.807, 2.05) is 13.0 Å². The van der Waals surface area contributed by atoms with Crippen molar-refractivity contribution in [2.45, 2.75) is 26.2 Å². The minimum atomic E-state index is -0.728. The summed E-state index contributed by atoms with van der Waals surface area (Å²) in [4.78, 5) is 0. The maximum Gasteiger partial charge on any atom is 0.173 e. The smallest absolute Gasteiger partial charge is 0.173 e. The Morgan fingerprint density at radius 3 is 2.64 bits per heavy atom. The summed E-state index contributed by atoms with van der Waals surface area (Å²) in [5.74, 6) is 0.564. The van der Waals surface area contributed by atoms with E-state index in [9.17, 15) is 0 Å². The van der Waals surface area contributed by atoms with Crippen molar-refractivity contribution in [3.63, 3.8) is 0 Å². The van der Waals surface area contributed by atoms with E-state index in [2.05, 4.69) is 0 Å². The zero-order valence-corrected chi connectivity index (χ0v) is 8.95. The van der Waals surface area contributed by atoms with E-state index < -0.39 is 12.3 Å². The van der Waals surface area contributed by atoms with Gasteiger partial charge < -0.3 is 9.84 Å². The summed E-state index contributed by atoms with van der Waals surface area (Å²) in [5.41, 5.74) is 6.50. The van der Waals surface area contributed by atoms with E-state index in [1.165, 1.54) is 0 Å². The van der Waals surface area contributed by atoms with Gasteiger partial charge in [-0.2, -0.15) is 0 Å². The van der Waals surface area contributed by atoms with Crippen molar-refractivity contribution in [2.24, 2.45) is 5.73 Å². The summed E-state index contributed by atoms with van der Waals surface area (Å²) in [5, 5.41) is 9.75. The first kappa shape index (κ1) is 11.3. The fraction of sp³-hybridized carbons (Fsp3) is 0.400. The van der Waals surface area contributed by atoms with Crippen molar-refractivity contribution < 1.29 is 9.84 Å². The average molecular weight is 216 g/mol. The Hall–Kier alpha value is -0.770. The number of aliphatic hydroxyl groups excluding tert-OH is 1. The fourth-order valence-corrected chi connectivity index (χ4v) is 1.07. The molecule has 14 heavy (non-hydrogen) atoms. The third kappa shape index (κ3) is 2.87. The van der Waals surface area contributed by atoms with Gasteiger partial charge in [-0.25, -0.2) is 0 Å². The number of nitrogens with two attached hydrogens (primary N) is 1. The van der Waals surface area contributed by atoms with Crippen LogP contribution in [0.25, 0.3) is 0 Å². The minimum absolute atomic E-state index is 0.564. The Morgan fingerprint density at radius 2 is 2.14 bits per heavy atom. The third-order valence-corrected chi connectivity index (χ3v) is 2.30. The molecule has 0 heterocycles. The molecule has 78 valence electrons. The van der Waals surface area contributed by atoms with Gasteiger partial charge in [0.1, 0.15) is 11.9 Å². The minimum Gasteiger partial charge on any atom is -0.473 e. The SMILES string of the molecule is Cc1ccc(OC(N)C(C)O)cc1Cl. The monoisotopic (exact) mass is 215 g/mol. The van der Waals surface area contributed by atoms with Crippen LogP contribution in [0.1, 0.15) is 12.5 Å². The molecule has 1 rings (SSSR count). The van der Waals surface area contributed by atoms with Crippen LogP contribution < -0.4 is 10.5 Å². The van der Waals surface area contributed by atoms with Crippen LogP contribution in [0.2, 0.25) is 5.02 Å². The topological polar surface area (TPSA) is 55.5 Å². The Balaban J connectivity index is 2.73. The van der Waals surface area contributed by atoms with Crippen LogP contribution in [-0.4, -0.2) is 17.4 Å². The van der Waals surface area contributed by atoms with E-state index in [-0.39, 0.29) is 0 Å². The number of aliphatic hydroxyl groups is 1. The zero-order chi connectivity index (χ0) is 10.7. The highest BCUT2D eigenvalue weighted by Crippen LogP contribution is 2.22. The molecule has 1 aromatic rings. The Kier molecular flexibility index (Phi) is 3.75. The van der Waals surface area contributed by atoms with Crippen molar-refractivity contribution in [1.82, 2.24) is 0 Å². The van der Waals surface area contributed by atoms with Gasteiger partial charge in [-0.15, -0.1) is 0 Å². The van der Waals surface area contributed by atoms with E-state index in [0.29, 0.717) is 10.8 Å². The molecule has 3 nitrogen and oxygen atoms in total. The number of aryl methyl sites for hydroxylation is 1. The highest BCUT2D eigenvalue weighted by atomic mass is 35.5. The lowest BCUT2D eigenvalue weighted by Gasteiger charge is -2.17. The normalized spacial score (nSPS) is 14.9. The van der Waals surface area contributed by atoms with Gasteiger partial charge in [0, 0.05) is 5.02 Å². The van der Waals surface area contributed by atoms with Crippen LogP contribution in [0.15, 0.2) is 18.2 Å². The molecule has 0 radical (unpaired) electrons. The molecule has 0 aromatic heterocycles. The maximum absolute atomic E-state index is 9.12. The number of halogens is 1. The van der Waals surface area contributed by atoms with Gasteiger partial charge in [0.2, 0.25) is 0 Å². The van der Waals surface area contributed by atoms with Crippen molar-refractivity contribution in [3.8, 4) is 5.75 Å². The molecular weight excluding hydrogens is 202 g/mol. The van der Waals surface area contributed by atoms with Crippen molar-refractivity contribution in [2.75, 3.05) is 0 Å². The summed E-state index contributed by atoms with van der Waals surface area (Å²) in [7, 11) is 0. The molecule has 4 heteroatoms. The number of hydrogen-bond acceptors (Lipinski definition) is 3. The quantitative estimate of drug-likeness (QED) is 0.755. The van der Waals surface area contributed by atoms with Gasteiger partial charge in [-0.1, -0.05) is 17.7 Å². The summed E-state index contributed by atoms with van der Waals surface area (Å²) in [6.07, 6.45) is -1.44. The lowest BCUT2D eigenvalue weighted by Crippen LogP contribution is -2.37. The lowest BCUT2D eigenvalue weighted by atomic mass is 10.2. The molecule has 0 amide bonds. The molecule has 1 aromatic carbocycles. The van der Waals surface area contributed by atoms with Crippen LogP contribution >= 0.6 is 11.6 Å². The largest absolute Gasteiger partial charge is 0.473 e. The average Bonchev–Trinajstić information content (AvgIpc) is 2.11. The maximum atomic E-state index is 9.12.